The molecule has 1 saturated heterocycles. The molecule has 1 amide bonds. The third kappa shape index (κ3) is 3.20. The summed E-state index contributed by atoms with van der Waals surface area (Å²) >= 11 is 0. The van der Waals surface area contributed by atoms with Crippen molar-refractivity contribution in [2.24, 2.45) is 5.92 Å². The van der Waals surface area contributed by atoms with E-state index in [9.17, 15) is 4.79 Å². The molecule has 0 bridgehead atoms. The van der Waals surface area contributed by atoms with Crippen molar-refractivity contribution in [2.45, 2.75) is 51.0 Å². The van der Waals surface area contributed by atoms with Crippen molar-refractivity contribution < 1.29 is 4.79 Å². The highest BCUT2D eigenvalue weighted by Gasteiger charge is 2.22. The van der Waals surface area contributed by atoms with Crippen LogP contribution < -0.4 is 10.6 Å². The molecular weight excluding hydrogens is 188 g/mol. The van der Waals surface area contributed by atoms with Crippen molar-refractivity contribution in [3.63, 3.8) is 0 Å². The molecule has 1 atom stereocenters. The zero-order valence-electron chi connectivity index (χ0n) is 9.43. The first kappa shape index (κ1) is 10.9. The molecule has 3 nitrogen and oxygen atoms in total. The van der Waals surface area contributed by atoms with E-state index >= 15 is 0 Å². The summed E-state index contributed by atoms with van der Waals surface area (Å²) in [5.74, 6) is 0.960. The van der Waals surface area contributed by atoms with Crippen molar-refractivity contribution in [3.8, 4) is 0 Å². The summed E-state index contributed by atoms with van der Waals surface area (Å²) in [6, 6.07) is 0.0913. The number of hydrogen-bond acceptors (Lipinski definition) is 2. The average molecular weight is 210 g/mol. The van der Waals surface area contributed by atoms with Gasteiger partial charge in [-0.1, -0.05) is 19.3 Å². The van der Waals surface area contributed by atoms with Crippen LogP contribution in [0.25, 0.3) is 0 Å². The van der Waals surface area contributed by atoms with Crippen LogP contribution in [0.5, 0.6) is 0 Å². The van der Waals surface area contributed by atoms with Crippen LogP contribution in [0, 0.1) is 5.92 Å². The summed E-state index contributed by atoms with van der Waals surface area (Å²) in [4.78, 5) is 11.7. The summed E-state index contributed by atoms with van der Waals surface area (Å²) < 4.78 is 0. The summed E-state index contributed by atoms with van der Waals surface area (Å²) in [5.41, 5.74) is 0. The Morgan fingerprint density at radius 1 is 1.13 bits per heavy atom. The van der Waals surface area contributed by atoms with Crippen LogP contribution in [0.3, 0.4) is 0 Å². The van der Waals surface area contributed by atoms with E-state index in [0.29, 0.717) is 0 Å². The van der Waals surface area contributed by atoms with Gasteiger partial charge in [0.1, 0.15) is 0 Å². The second-order valence-corrected chi connectivity index (χ2v) is 4.90. The topological polar surface area (TPSA) is 41.1 Å². The molecular formula is C12H22N2O. The monoisotopic (exact) mass is 210 g/mol. The lowest BCUT2D eigenvalue weighted by molar-refractivity contribution is -0.123. The Labute approximate surface area is 92.0 Å². The van der Waals surface area contributed by atoms with Crippen molar-refractivity contribution in [1.29, 1.82) is 0 Å². The fraction of sp³-hybridized carbons (Fsp3) is 0.917. The largest absolute Gasteiger partial charge is 0.354 e. The van der Waals surface area contributed by atoms with Crippen LogP contribution >= 0.6 is 0 Å². The lowest BCUT2D eigenvalue weighted by Gasteiger charge is -2.22. The zero-order valence-corrected chi connectivity index (χ0v) is 9.43. The summed E-state index contributed by atoms with van der Waals surface area (Å²) in [5, 5.41) is 6.32. The van der Waals surface area contributed by atoms with E-state index in [1.165, 1.54) is 32.1 Å². The van der Waals surface area contributed by atoms with Crippen molar-refractivity contribution in [3.05, 3.63) is 0 Å². The van der Waals surface area contributed by atoms with Crippen molar-refractivity contribution >= 4 is 5.91 Å². The maximum Gasteiger partial charge on any atom is 0.237 e. The third-order valence-corrected chi connectivity index (χ3v) is 3.67. The summed E-state index contributed by atoms with van der Waals surface area (Å²) in [6.07, 6.45) is 8.84. The molecule has 1 aliphatic heterocycles. The Morgan fingerprint density at radius 2 is 1.93 bits per heavy atom. The molecule has 0 aromatic heterocycles. The molecule has 2 fully saturated rings. The van der Waals surface area contributed by atoms with E-state index < -0.39 is 0 Å². The lowest BCUT2D eigenvalue weighted by Crippen LogP contribution is -2.42. The minimum Gasteiger partial charge on any atom is -0.354 e. The molecule has 3 heteroatoms. The normalized spacial score (nSPS) is 27.9. The molecule has 1 heterocycles. The van der Waals surface area contributed by atoms with Crippen LogP contribution in [0.4, 0.5) is 0 Å². The fourth-order valence-corrected chi connectivity index (χ4v) is 2.67. The van der Waals surface area contributed by atoms with Gasteiger partial charge in [0.15, 0.2) is 0 Å². The standard InChI is InChI=1S/C12H22N2O/c15-12(11-7-4-8-13-11)14-9-10-5-2-1-3-6-10/h10-11,13H,1-9H2,(H,14,15)/t11-/m0/s1. The summed E-state index contributed by atoms with van der Waals surface area (Å²) in [7, 11) is 0. The van der Waals surface area contributed by atoms with Gasteiger partial charge >= 0.3 is 0 Å². The van der Waals surface area contributed by atoms with Crippen LogP contribution in [-0.2, 0) is 4.79 Å². The molecule has 86 valence electrons. The zero-order chi connectivity index (χ0) is 10.5. The molecule has 0 spiro atoms. The maximum atomic E-state index is 11.7. The first-order chi connectivity index (χ1) is 7.36. The van der Waals surface area contributed by atoms with Crippen molar-refractivity contribution in [2.75, 3.05) is 13.1 Å². The van der Waals surface area contributed by atoms with Crippen LogP contribution in [0.2, 0.25) is 0 Å². The van der Waals surface area contributed by atoms with Gasteiger partial charge in [0.2, 0.25) is 5.91 Å². The van der Waals surface area contributed by atoms with E-state index in [2.05, 4.69) is 10.6 Å². The first-order valence-corrected chi connectivity index (χ1v) is 6.37. The SMILES string of the molecule is O=C(NCC1CCCCC1)[C@@H]1CCCN1. The molecule has 0 radical (unpaired) electrons. The first-order valence-electron chi connectivity index (χ1n) is 6.37. The van der Waals surface area contributed by atoms with Gasteiger partial charge in [-0.3, -0.25) is 4.79 Å². The number of hydrogen-bond donors (Lipinski definition) is 2. The van der Waals surface area contributed by atoms with Gasteiger partial charge in [-0.05, 0) is 38.1 Å². The van der Waals surface area contributed by atoms with E-state index in [1.54, 1.807) is 0 Å². The minimum atomic E-state index is 0.0913. The highest BCUT2D eigenvalue weighted by atomic mass is 16.2. The molecule has 2 N–H and O–H groups in total. The quantitative estimate of drug-likeness (QED) is 0.740. The van der Waals surface area contributed by atoms with Crippen LogP contribution in [0.15, 0.2) is 0 Å². The van der Waals surface area contributed by atoms with Crippen molar-refractivity contribution in [1.82, 2.24) is 10.6 Å². The van der Waals surface area contributed by atoms with Gasteiger partial charge in [-0.25, -0.2) is 0 Å². The Morgan fingerprint density at radius 3 is 2.60 bits per heavy atom. The average Bonchev–Trinajstić information content (AvgIpc) is 2.81. The van der Waals surface area contributed by atoms with E-state index in [4.69, 9.17) is 0 Å². The van der Waals surface area contributed by atoms with E-state index in [0.717, 1.165) is 31.8 Å². The molecule has 0 aromatic carbocycles. The van der Waals surface area contributed by atoms with Gasteiger partial charge in [0.25, 0.3) is 0 Å². The second-order valence-electron chi connectivity index (χ2n) is 4.90. The molecule has 15 heavy (non-hydrogen) atoms. The highest BCUT2D eigenvalue weighted by molar-refractivity contribution is 5.81. The molecule has 0 unspecified atom stereocenters. The van der Waals surface area contributed by atoms with Crippen LogP contribution in [0.1, 0.15) is 44.9 Å². The number of nitrogens with one attached hydrogen (secondary N) is 2. The molecule has 2 rings (SSSR count). The number of carbonyl (C=O) groups is 1. The second kappa shape index (κ2) is 5.50. The lowest BCUT2D eigenvalue weighted by atomic mass is 9.89. The third-order valence-electron chi connectivity index (χ3n) is 3.67. The summed E-state index contributed by atoms with van der Waals surface area (Å²) in [6.45, 7) is 1.90. The number of rotatable bonds is 3. The predicted molar refractivity (Wildman–Crippen MR) is 60.6 cm³/mol. The van der Waals surface area contributed by atoms with Gasteiger partial charge in [0.05, 0.1) is 6.04 Å². The number of amides is 1. The maximum absolute atomic E-state index is 11.7. The molecule has 0 aromatic rings. The Bertz CT molecular complexity index is 206. The Kier molecular flexibility index (Phi) is 4.01. The Balaban J connectivity index is 1.65. The van der Waals surface area contributed by atoms with E-state index in [1.807, 2.05) is 0 Å². The molecule has 2 aliphatic rings. The predicted octanol–water partition coefficient (Wildman–Crippen LogP) is 1.43. The van der Waals surface area contributed by atoms with Gasteiger partial charge in [0, 0.05) is 6.54 Å². The smallest absolute Gasteiger partial charge is 0.237 e. The van der Waals surface area contributed by atoms with Gasteiger partial charge < -0.3 is 10.6 Å². The molecule has 1 aliphatic carbocycles. The van der Waals surface area contributed by atoms with Gasteiger partial charge in [-0.15, -0.1) is 0 Å². The minimum absolute atomic E-state index is 0.0913. The van der Waals surface area contributed by atoms with Gasteiger partial charge in [-0.2, -0.15) is 0 Å². The fourth-order valence-electron chi connectivity index (χ4n) is 2.67. The Hall–Kier alpha value is -0.570. The van der Waals surface area contributed by atoms with E-state index in [-0.39, 0.29) is 11.9 Å². The number of carbonyl (C=O) groups excluding carboxylic acids is 1. The molecule has 1 saturated carbocycles. The highest BCUT2D eigenvalue weighted by Crippen LogP contribution is 2.22. The van der Waals surface area contributed by atoms with Crippen LogP contribution in [-0.4, -0.2) is 25.0 Å².